The Bertz CT molecular complexity index is 1430. The van der Waals surface area contributed by atoms with Crippen molar-refractivity contribution in [2.45, 2.75) is 11.4 Å². The fraction of sp³-hybridized carbons (Fsp3) is 0.0769. The second-order valence-corrected chi connectivity index (χ2v) is 8.70. The highest BCUT2D eigenvalue weighted by molar-refractivity contribution is 8.00. The van der Waals surface area contributed by atoms with Gasteiger partial charge in [-0.3, -0.25) is 4.79 Å². The normalized spacial score (nSPS) is 11.7. The molecule has 0 fully saturated rings. The summed E-state index contributed by atoms with van der Waals surface area (Å²) in [6.45, 7) is 0. The van der Waals surface area contributed by atoms with Crippen LogP contribution in [0.3, 0.4) is 0 Å². The minimum absolute atomic E-state index is 0.0265. The van der Waals surface area contributed by atoms with E-state index >= 15 is 0 Å². The fourth-order valence-corrected chi connectivity index (χ4v) is 4.42. The van der Waals surface area contributed by atoms with E-state index in [1.807, 2.05) is 24.3 Å². The first kappa shape index (κ1) is 22.5. The second-order valence-electron chi connectivity index (χ2n) is 7.73. The molecule has 0 aliphatic carbocycles. The van der Waals surface area contributed by atoms with Crippen molar-refractivity contribution in [3.8, 4) is 23.0 Å². The summed E-state index contributed by atoms with van der Waals surface area (Å²) in [5, 5.41) is 14.2. The third-order valence-electron chi connectivity index (χ3n) is 5.32. The Labute approximate surface area is 204 Å². The number of benzene rings is 3. The summed E-state index contributed by atoms with van der Waals surface area (Å²) in [4.78, 5) is 32.7. The highest BCUT2D eigenvalue weighted by Crippen LogP contribution is 2.40. The molecule has 1 aromatic heterocycles. The first-order valence-electron chi connectivity index (χ1n) is 10.6. The number of amides is 1. The maximum absolute atomic E-state index is 13.4. The molecule has 3 aromatic carbocycles. The first-order valence-corrected chi connectivity index (χ1v) is 11.6. The average Bonchev–Trinajstić information content (AvgIpc) is 2.86. The maximum Gasteiger partial charge on any atom is 0.234 e. The van der Waals surface area contributed by atoms with E-state index in [9.17, 15) is 19.1 Å². The predicted molar refractivity (Wildman–Crippen MR) is 127 cm³/mol. The third kappa shape index (κ3) is 4.99. The van der Waals surface area contributed by atoms with E-state index in [0.29, 0.717) is 40.2 Å². The molecule has 7 nitrogen and oxygen atoms in total. The van der Waals surface area contributed by atoms with Gasteiger partial charge in [-0.15, -0.1) is 0 Å². The van der Waals surface area contributed by atoms with Crippen LogP contribution in [0.1, 0.15) is 21.5 Å². The van der Waals surface area contributed by atoms with Crippen molar-refractivity contribution in [2.24, 2.45) is 0 Å². The van der Waals surface area contributed by atoms with Crippen LogP contribution in [0.2, 0.25) is 0 Å². The van der Waals surface area contributed by atoms with Gasteiger partial charge in [0, 0.05) is 17.7 Å². The molecule has 0 unspecified atom stereocenters. The Morgan fingerprint density at radius 1 is 1.00 bits per heavy atom. The zero-order valence-corrected chi connectivity index (χ0v) is 19.0. The number of nitrogens with zero attached hydrogens (tertiary/aromatic N) is 2. The van der Waals surface area contributed by atoms with Crippen LogP contribution in [0.5, 0.6) is 11.6 Å². The van der Waals surface area contributed by atoms with Gasteiger partial charge >= 0.3 is 0 Å². The lowest BCUT2D eigenvalue weighted by molar-refractivity contribution is -0.255. The van der Waals surface area contributed by atoms with Gasteiger partial charge in [0.2, 0.25) is 11.8 Å². The van der Waals surface area contributed by atoms with Crippen LogP contribution in [-0.4, -0.2) is 27.6 Å². The van der Waals surface area contributed by atoms with Gasteiger partial charge in [0.25, 0.3) is 0 Å². The van der Waals surface area contributed by atoms with Crippen molar-refractivity contribution >= 4 is 29.3 Å². The van der Waals surface area contributed by atoms with Gasteiger partial charge < -0.3 is 20.0 Å². The smallest absolute Gasteiger partial charge is 0.234 e. The SMILES string of the molecule is O=C(CSc1nc(-c2ccc(F)cc2)nc2c1Cc1ccccc1O2)Nc1ccc(C(=O)[O-])cc1. The highest BCUT2D eigenvalue weighted by Gasteiger charge is 2.24. The molecule has 0 bridgehead atoms. The first-order chi connectivity index (χ1) is 17.0. The number of carbonyl (C=O) groups excluding carboxylic acids is 2. The van der Waals surface area contributed by atoms with Crippen LogP contribution < -0.4 is 15.2 Å². The van der Waals surface area contributed by atoms with Crippen molar-refractivity contribution in [2.75, 3.05) is 11.1 Å². The Kier molecular flexibility index (Phi) is 6.15. The lowest BCUT2D eigenvalue weighted by Crippen LogP contribution is -2.22. The standard InChI is InChI=1S/C26H18FN3O4S/c27-18-9-5-15(6-10-18)23-29-24-20(13-17-3-1-2-4-21(17)34-24)25(30-23)35-14-22(31)28-19-11-7-16(8-12-19)26(32)33/h1-12H,13-14H2,(H,28,31)(H,32,33)/p-1. The molecule has 9 heteroatoms. The number of ether oxygens (including phenoxy) is 1. The quantitative estimate of drug-likeness (QED) is 0.285. The lowest BCUT2D eigenvalue weighted by atomic mass is 10.0. The van der Waals surface area contributed by atoms with E-state index in [2.05, 4.69) is 15.3 Å². The molecule has 1 amide bonds. The number of aromatic nitrogens is 2. The maximum atomic E-state index is 13.4. The van der Waals surface area contributed by atoms with E-state index in [-0.39, 0.29) is 23.0 Å². The number of halogens is 1. The monoisotopic (exact) mass is 486 g/mol. The van der Waals surface area contributed by atoms with Crippen molar-refractivity contribution < 1.29 is 23.8 Å². The van der Waals surface area contributed by atoms with Gasteiger partial charge in [0.15, 0.2) is 5.82 Å². The zero-order valence-electron chi connectivity index (χ0n) is 18.2. The molecule has 174 valence electrons. The van der Waals surface area contributed by atoms with Crippen LogP contribution in [0.25, 0.3) is 11.4 Å². The minimum atomic E-state index is -1.28. The fourth-order valence-electron chi connectivity index (χ4n) is 3.59. The van der Waals surface area contributed by atoms with Crippen molar-refractivity contribution in [3.05, 3.63) is 95.3 Å². The van der Waals surface area contributed by atoms with E-state index in [4.69, 9.17) is 4.74 Å². The third-order valence-corrected chi connectivity index (χ3v) is 6.34. The van der Waals surface area contributed by atoms with Gasteiger partial charge in [-0.05, 0) is 53.6 Å². The molecule has 5 rings (SSSR count). The molecule has 1 aliphatic heterocycles. The molecule has 0 radical (unpaired) electrons. The number of carboxylic acids is 1. The molecule has 2 heterocycles. The van der Waals surface area contributed by atoms with Crippen LogP contribution in [-0.2, 0) is 11.2 Å². The van der Waals surface area contributed by atoms with Crippen LogP contribution in [0, 0.1) is 5.82 Å². The number of carbonyl (C=O) groups is 2. The largest absolute Gasteiger partial charge is 0.545 e. The summed E-state index contributed by atoms with van der Waals surface area (Å²) in [6, 6.07) is 19.2. The lowest BCUT2D eigenvalue weighted by Gasteiger charge is -2.21. The number of anilines is 1. The number of rotatable bonds is 6. The van der Waals surface area contributed by atoms with Crippen LogP contribution >= 0.6 is 11.8 Å². The molecule has 1 aliphatic rings. The Balaban J connectivity index is 1.40. The topological polar surface area (TPSA) is 104 Å². The number of thioether (sulfide) groups is 1. The molecule has 1 N–H and O–H groups in total. The summed E-state index contributed by atoms with van der Waals surface area (Å²) in [7, 11) is 0. The number of aromatic carboxylic acids is 1. The van der Waals surface area contributed by atoms with Crippen molar-refractivity contribution in [1.82, 2.24) is 9.97 Å². The number of hydrogen-bond donors (Lipinski definition) is 1. The van der Waals surface area contributed by atoms with Crippen molar-refractivity contribution in [1.29, 1.82) is 0 Å². The number of carboxylic acid groups (broad SMARTS) is 1. The van der Waals surface area contributed by atoms with E-state index in [0.717, 1.165) is 11.1 Å². The molecule has 4 aromatic rings. The van der Waals surface area contributed by atoms with Gasteiger partial charge in [-0.2, -0.15) is 4.98 Å². The Morgan fingerprint density at radius 3 is 2.49 bits per heavy atom. The Hall–Kier alpha value is -4.24. The average molecular weight is 487 g/mol. The number of nitrogens with one attached hydrogen (secondary N) is 1. The molecule has 0 saturated carbocycles. The summed E-state index contributed by atoms with van der Waals surface area (Å²) in [5.41, 5.74) is 2.87. The number of para-hydroxylation sites is 1. The molecular formula is C26H17FN3O4S-. The van der Waals surface area contributed by atoms with E-state index < -0.39 is 5.97 Å². The minimum Gasteiger partial charge on any atom is -0.545 e. The van der Waals surface area contributed by atoms with E-state index in [1.165, 1.54) is 48.2 Å². The molecular weight excluding hydrogens is 469 g/mol. The predicted octanol–water partition coefficient (Wildman–Crippen LogP) is 4.07. The van der Waals surface area contributed by atoms with Gasteiger partial charge in [0.1, 0.15) is 16.6 Å². The van der Waals surface area contributed by atoms with Gasteiger partial charge in [0.05, 0.1) is 17.3 Å². The van der Waals surface area contributed by atoms with Crippen LogP contribution in [0.4, 0.5) is 10.1 Å². The molecule has 35 heavy (non-hydrogen) atoms. The van der Waals surface area contributed by atoms with Crippen LogP contribution in [0.15, 0.2) is 77.8 Å². The zero-order chi connectivity index (χ0) is 24.4. The molecule has 0 spiro atoms. The van der Waals surface area contributed by atoms with Gasteiger partial charge in [-0.1, -0.05) is 42.1 Å². The number of hydrogen-bond acceptors (Lipinski definition) is 7. The molecule has 0 atom stereocenters. The van der Waals surface area contributed by atoms with Crippen molar-refractivity contribution in [3.63, 3.8) is 0 Å². The van der Waals surface area contributed by atoms with Gasteiger partial charge in [-0.25, -0.2) is 9.37 Å². The second kappa shape index (κ2) is 9.55. The number of fused-ring (bicyclic) bond motifs is 2. The molecule has 0 saturated heterocycles. The summed E-state index contributed by atoms with van der Waals surface area (Å²) in [6.07, 6.45) is 0.545. The Morgan fingerprint density at radius 2 is 1.74 bits per heavy atom. The summed E-state index contributed by atoms with van der Waals surface area (Å²) < 4.78 is 19.5. The summed E-state index contributed by atoms with van der Waals surface area (Å²) >= 11 is 1.24. The van der Waals surface area contributed by atoms with E-state index in [1.54, 1.807) is 12.1 Å². The highest BCUT2D eigenvalue weighted by atomic mass is 32.2. The summed E-state index contributed by atoms with van der Waals surface area (Å²) in [5.74, 6) is -0.413.